The van der Waals surface area contributed by atoms with Gasteiger partial charge >= 0.3 is 5.97 Å². The number of rotatable bonds is 9. The van der Waals surface area contributed by atoms with Crippen LogP contribution in [-0.4, -0.2) is 39.3 Å². The molecule has 0 radical (unpaired) electrons. The lowest BCUT2D eigenvalue weighted by molar-refractivity contribution is -0.138. The second kappa shape index (κ2) is 12.1. The monoisotopic (exact) mass is 490 g/mol. The Morgan fingerprint density at radius 1 is 1.03 bits per heavy atom. The van der Waals surface area contributed by atoms with Crippen LogP contribution >= 0.6 is 12.2 Å². The molecule has 35 heavy (non-hydrogen) atoms. The van der Waals surface area contributed by atoms with Crippen LogP contribution < -0.4 is 15.5 Å². The molecule has 7 nitrogen and oxygen atoms in total. The van der Waals surface area contributed by atoms with Crippen LogP contribution in [0.15, 0.2) is 72.9 Å². The average molecular weight is 491 g/mol. The Bertz CT molecular complexity index is 1210. The quantitative estimate of drug-likeness (QED) is 0.229. The first-order chi connectivity index (χ1) is 16.8. The van der Waals surface area contributed by atoms with Gasteiger partial charge in [-0.05, 0) is 55.3 Å². The molecule has 0 fully saturated rings. The largest absolute Gasteiger partial charge is 0.480 e. The molecule has 3 aromatic rings. The number of benzene rings is 2. The van der Waals surface area contributed by atoms with Gasteiger partial charge in [-0.25, -0.2) is 4.79 Å². The average Bonchev–Trinajstić information content (AvgIpc) is 2.82. The standard InChI is InChI=1S/C27H30N4O3S/c1-18(2)17-23(26(33)34)31(22-13-7-11-21-12-8-16-28-25(21)22)27(35)30-19(3)29-24(32)15-14-20-9-5-4-6-10-20/h4-16,18-19,23H,17H2,1-3H3,(H,29,32)(H,30,35)(H,33,34)/b15-14+/t19?,23-/m0/s1. The Kier molecular flexibility index (Phi) is 8.92. The third kappa shape index (κ3) is 7.10. The maximum absolute atomic E-state index is 12.4. The second-order valence-electron chi connectivity index (χ2n) is 8.63. The molecule has 0 aliphatic heterocycles. The molecule has 0 saturated carbocycles. The molecule has 0 aliphatic rings. The van der Waals surface area contributed by atoms with Crippen LogP contribution in [0.3, 0.4) is 0 Å². The number of anilines is 1. The number of carbonyl (C=O) groups is 2. The number of fused-ring (bicyclic) bond motifs is 1. The summed E-state index contributed by atoms with van der Waals surface area (Å²) in [5.41, 5.74) is 2.15. The second-order valence-corrected chi connectivity index (χ2v) is 9.02. The van der Waals surface area contributed by atoms with Gasteiger partial charge in [0.25, 0.3) is 0 Å². The molecular formula is C27H30N4O3S. The lowest BCUT2D eigenvalue weighted by atomic mass is 10.0. The number of amides is 1. The Morgan fingerprint density at radius 2 is 1.74 bits per heavy atom. The number of pyridine rings is 1. The summed E-state index contributed by atoms with van der Waals surface area (Å²) in [6.07, 6.45) is 4.66. The number of aromatic nitrogens is 1. The maximum Gasteiger partial charge on any atom is 0.326 e. The highest BCUT2D eigenvalue weighted by Gasteiger charge is 2.31. The van der Waals surface area contributed by atoms with Gasteiger partial charge in [-0.1, -0.05) is 62.4 Å². The minimum atomic E-state index is -0.988. The number of nitrogens with zero attached hydrogens (tertiary/aromatic N) is 2. The van der Waals surface area contributed by atoms with Gasteiger partial charge in [0.1, 0.15) is 6.04 Å². The van der Waals surface area contributed by atoms with Gasteiger partial charge in [-0.3, -0.25) is 9.78 Å². The first-order valence-corrected chi connectivity index (χ1v) is 11.9. The predicted octanol–water partition coefficient (Wildman–Crippen LogP) is 4.59. The van der Waals surface area contributed by atoms with Crippen molar-refractivity contribution in [2.75, 3.05) is 4.90 Å². The first-order valence-electron chi connectivity index (χ1n) is 11.5. The SMILES string of the molecule is CC(C)C[C@@H](C(=O)O)N(C(=S)NC(C)NC(=O)/C=C/c1ccccc1)c1cccc2cccnc12. The fourth-order valence-electron chi connectivity index (χ4n) is 3.75. The lowest BCUT2D eigenvalue weighted by Gasteiger charge is -2.34. The van der Waals surface area contributed by atoms with Crippen molar-refractivity contribution in [3.8, 4) is 0 Å². The van der Waals surface area contributed by atoms with Gasteiger partial charge in [0.2, 0.25) is 5.91 Å². The van der Waals surface area contributed by atoms with Crippen molar-refractivity contribution in [1.82, 2.24) is 15.6 Å². The number of thiocarbonyl (C=S) groups is 1. The third-order valence-corrected chi connectivity index (χ3v) is 5.62. The molecule has 3 N–H and O–H groups in total. The Labute approximate surface area is 210 Å². The first kappa shape index (κ1) is 25.8. The fourth-order valence-corrected chi connectivity index (χ4v) is 4.16. The van der Waals surface area contributed by atoms with E-state index < -0.39 is 18.2 Å². The fraction of sp³-hybridized carbons (Fsp3) is 0.259. The van der Waals surface area contributed by atoms with Crippen LogP contribution in [-0.2, 0) is 9.59 Å². The zero-order valence-electron chi connectivity index (χ0n) is 20.0. The minimum absolute atomic E-state index is 0.115. The van der Waals surface area contributed by atoms with E-state index in [2.05, 4.69) is 15.6 Å². The van der Waals surface area contributed by atoms with Crippen LogP contribution in [0.1, 0.15) is 32.8 Å². The molecule has 0 saturated heterocycles. The molecule has 1 aromatic heterocycles. The van der Waals surface area contributed by atoms with Crippen molar-refractivity contribution in [1.29, 1.82) is 0 Å². The molecule has 0 spiro atoms. The summed E-state index contributed by atoms with van der Waals surface area (Å²) in [6.45, 7) is 5.68. The number of aliphatic carboxylic acids is 1. The zero-order valence-corrected chi connectivity index (χ0v) is 20.8. The van der Waals surface area contributed by atoms with E-state index in [1.165, 1.54) is 6.08 Å². The summed E-state index contributed by atoms with van der Waals surface area (Å²) in [5.74, 6) is -1.17. The molecule has 8 heteroatoms. The summed E-state index contributed by atoms with van der Waals surface area (Å²) in [4.78, 5) is 30.8. The summed E-state index contributed by atoms with van der Waals surface area (Å²) >= 11 is 5.69. The summed E-state index contributed by atoms with van der Waals surface area (Å²) in [6, 6.07) is 17.9. The number of carbonyl (C=O) groups excluding carboxylic acids is 1. The summed E-state index contributed by atoms with van der Waals surface area (Å²) < 4.78 is 0. The zero-order chi connectivity index (χ0) is 25.4. The number of nitrogens with one attached hydrogen (secondary N) is 2. The highest BCUT2D eigenvalue weighted by atomic mass is 32.1. The Balaban J connectivity index is 1.84. The minimum Gasteiger partial charge on any atom is -0.480 e. The van der Waals surface area contributed by atoms with E-state index in [4.69, 9.17) is 12.2 Å². The number of hydrogen-bond acceptors (Lipinski definition) is 4. The topological polar surface area (TPSA) is 94.6 Å². The van der Waals surface area contributed by atoms with Gasteiger partial charge in [0.05, 0.1) is 17.4 Å². The summed E-state index contributed by atoms with van der Waals surface area (Å²) in [5, 5.41) is 17.1. The molecule has 3 rings (SSSR count). The number of carboxylic acids is 1. The van der Waals surface area contributed by atoms with Gasteiger partial charge in [0, 0.05) is 17.7 Å². The number of carboxylic acid groups (broad SMARTS) is 1. The van der Waals surface area contributed by atoms with Crippen molar-refractivity contribution in [2.24, 2.45) is 5.92 Å². The van der Waals surface area contributed by atoms with E-state index in [0.29, 0.717) is 17.6 Å². The van der Waals surface area contributed by atoms with Gasteiger partial charge in [-0.2, -0.15) is 0 Å². The van der Waals surface area contributed by atoms with Crippen LogP contribution in [0, 0.1) is 5.92 Å². The molecule has 0 aliphatic carbocycles. The van der Waals surface area contributed by atoms with E-state index in [1.807, 2.05) is 74.5 Å². The smallest absolute Gasteiger partial charge is 0.326 e. The normalized spacial score (nSPS) is 12.9. The van der Waals surface area contributed by atoms with Crippen molar-refractivity contribution in [3.05, 3.63) is 78.5 Å². The van der Waals surface area contributed by atoms with Crippen molar-refractivity contribution in [3.63, 3.8) is 0 Å². The highest BCUT2D eigenvalue weighted by molar-refractivity contribution is 7.80. The predicted molar refractivity (Wildman–Crippen MR) is 144 cm³/mol. The van der Waals surface area contributed by atoms with Gasteiger partial charge < -0.3 is 20.6 Å². The van der Waals surface area contributed by atoms with Gasteiger partial charge in [-0.15, -0.1) is 0 Å². The highest BCUT2D eigenvalue weighted by Crippen LogP contribution is 2.28. The maximum atomic E-state index is 12.4. The van der Waals surface area contributed by atoms with E-state index in [9.17, 15) is 14.7 Å². The molecule has 182 valence electrons. The van der Waals surface area contributed by atoms with E-state index in [1.54, 1.807) is 24.1 Å². The molecule has 2 aromatic carbocycles. The number of hydrogen-bond donors (Lipinski definition) is 3. The van der Waals surface area contributed by atoms with E-state index in [-0.39, 0.29) is 16.9 Å². The van der Waals surface area contributed by atoms with Gasteiger partial charge in [0.15, 0.2) is 5.11 Å². The Morgan fingerprint density at radius 3 is 2.43 bits per heavy atom. The van der Waals surface area contributed by atoms with Crippen LogP contribution in [0.25, 0.3) is 17.0 Å². The van der Waals surface area contributed by atoms with E-state index in [0.717, 1.165) is 10.9 Å². The molecular weight excluding hydrogens is 460 g/mol. The van der Waals surface area contributed by atoms with E-state index >= 15 is 0 Å². The van der Waals surface area contributed by atoms with Crippen molar-refractivity contribution >= 4 is 51.9 Å². The van der Waals surface area contributed by atoms with Crippen molar-refractivity contribution < 1.29 is 14.7 Å². The molecule has 1 heterocycles. The molecule has 1 amide bonds. The Hall–Kier alpha value is -3.78. The van der Waals surface area contributed by atoms with Crippen LogP contribution in [0.4, 0.5) is 5.69 Å². The molecule has 2 atom stereocenters. The van der Waals surface area contributed by atoms with Crippen LogP contribution in [0.2, 0.25) is 0 Å². The number of para-hydroxylation sites is 1. The lowest BCUT2D eigenvalue weighted by Crippen LogP contribution is -2.55. The van der Waals surface area contributed by atoms with Crippen LogP contribution in [0.5, 0.6) is 0 Å². The summed E-state index contributed by atoms with van der Waals surface area (Å²) in [7, 11) is 0. The van der Waals surface area contributed by atoms with Crippen molar-refractivity contribution in [2.45, 2.75) is 39.4 Å². The molecule has 1 unspecified atom stereocenters. The molecule has 0 bridgehead atoms. The third-order valence-electron chi connectivity index (χ3n) is 5.31.